The minimum Gasteiger partial charge on any atom is -0.474 e. The molecule has 114 valence electrons. The molecule has 0 saturated heterocycles. The lowest BCUT2D eigenvalue weighted by atomic mass is 10.2. The van der Waals surface area contributed by atoms with E-state index in [4.69, 9.17) is 9.52 Å². The normalized spacial score (nSPS) is 14.0. The van der Waals surface area contributed by atoms with Gasteiger partial charge in [0.05, 0.1) is 29.6 Å². The van der Waals surface area contributed by atoms with Crippen LogP contribution in [0, 0.1) is 11.3 Å². The number of hydrogen-bond donors (Lipinski definition) is 1. The number of hydrogen-bond acceptors (Lipinski definition) is 7. The fourth-order valence-electron chi connectivity index (χ4n) is 2.36. The van der Waals surface area contributed by atoms with Gasteiger partial charge >= 0.3 is 11.9 Å². The van der Waals surface area contributed by atoms with Gasteiger partial charge in [-0.2, -0.15) is 10.4 Å². The molecule has 0 amide bonds. The Morgan fingerprint density at radius 2 is 2.30 bits per heavy atom. The molecular weight excluding hydrogens is 300 g/mol. The summed E-state index contributed by atoms with van der Waals surface area (Å²) in [5.74, 6) is -1.17. The molecule has 0 aromatic carbocycles. The van der Waals surface area contributed by atoms with Crippen LogP contribution in [0.25, 0.3) is 5.65 Å². The van der Waals surface area contributed by atoms with Crippen molar-refractivity contribution >= 4 is 11.6 Å². The summed E-state index contributed by atoms with van der Waals surface area (Å²) in [7, 11) is 0. The Labute approximate surface area is 129 Å². The van der Waals surface area contributed by atoms with Gasteiger partial charge in [0.25, 0.3) is 0 Å². The third-order valence-corrected chi connectivity index (χ3v) is 3.59. The Hall–Kier alpha value is -3.28. The zero-order valence-corrected chi connectivity index (χ0v) is 11.8. The molecular formula is C14H10N6O3. The average Bonchev–Trinajstić information content (AvgIpc) is 3.14. The van der Waals surface area contributed by atoms with Gasteiger partial charge < -0.3 is 9.52 Å². The van der Waals surface area contributed by atoms with Crippen LogP contribution in [0.4, 0.5) is 0 Å². The lowest BCUT2D eigenvalue weighted by molar-refractivity contribution is 0.0651. The summed E-state index contributed by atoms with van der Waals surface area (Å²) in [5.41, 5.74) is 2.39. The SMILES string of the molecule is N#Cc1cc(C2CC2)nn2cc(Cc3nnc(C(=O)O)o3)nc12. The minimum atomic E-state index is -1.28. The summed E-state index contributed by atoms with van der Waals surface area (Å²) in [6.07, 6.45) is 4.04. The van der Waals surface area contributed by atoms with Crippen molar-refractivity contribution in [2.24, 2.45) is 0 Å². The lowest BCUT2D eigenvalue weighted by Crippen LogP contribution is -1.98. The number of nitrogens with zero attached hydrogens (tertiary/aromatic N) is 6. The molecule has 0 unspecified atom stereocenters. The van der Waals surface area contributed by atoms with E-state index in [0.29, 0.717) is 22.8 Å². The van der Waals surface area contributed by atoms with Crippen LogP contribution in [0.5, 0.6) is 0 Å². The smallest absolute Gasteiger partial charge is 0.393 e. The molecule has 1 N–H and O–H groups in total. The van der Waals surface area contributed by atoms with Gasteiger partial charge in [-0.1, -0.05) is 0 Å². The molecule has 3 heterocycles. The van der Waals surface area contributed by atoms with Crippen LogP contribution in [-0.4, -0.2) is 35.9 Å². The fourth-order valence-corrected chi connectivity index (χ4v) is 2.36. The van der Waals surface area contributed by atoms with Gasteiger partial charge in [-0.25, -0.2) is 14.3 Å². The first-order valence-corrected chi connectivity index (χ1v) is 6.99. The molecule has 1 fully saturated rings. The van der Waals surface area contributed by atoms with Gasteiger partial charge in [-0.3, -0.25) is 0 Å². The summed E-state index contributed by atoms with van der Waals surface area (Å²) in [4.78, 5) is 15.1. The number of fused-ring (bicyclic) bond motifs is 1. The van der Waals surface area contributed by atoms with Crippen LogP contribution in [0.15, 0.2) is 16.7 Å². The molecule has 0 atom stereocenters. The second-order valence-electron chi connectivity index (χ2n) is 5.35. The number of nitriles is 1. The molecule has 3 aromatic rings. The minimum absolute atomic E-state index is 0.145. The number of imidazole rings is 1. The van der Waals surface area contributed by atoms with Gasteiger partial charge in [0.2, 0.25) is 5.89 Å². The Bertz CT molecular complexity index is 963. The molecule has 9 nitrogen and oxygen atoms in total. The second kappa shape index (κ2) is 4.88. The summed E-state index contributed by atoms with van der Waals surface area (Å²) >= 11 is 0. The van der Waals surface area contributed by atoms with E-state index in [2.05, 4.69) is 26.3 Å². The average molecular weight is 310 g/mol. The molecule has 23 heavy (non-hydrogen) atoms. The number of aromatic nitrogens is 5. The van der Waals surface area contributed by atoms with E-state index in [-0.39, 0.29) is 12.3 Å². The molecule has 0 bridgehead atoms. The molecule has 1 aliphatic rings. The molecule has 0 aliphatic heterocycles. The second-order valence-corrected chi connectivity index (χ2v) is 5.35. The van der Waals surface area contributed by atoms with Crippen LogP contribution in [-0.2, 0) is 6.42 Å². The Morgan fingerprint density at radius 1 is 1.48 bits per heavy atom. The zero-order chi connectivity index (χ0) is 16.0. The Balaban J connectivity index is 1.70. The highest BCUT2D eigenvalue weighted by molar-refractivity contribution is 5.81. The van der Waals surface area contributed by atoms with E-state index in [9.17, 15) is 10.1 Å². The molecule has 9 heteroatoms. The maximum atomic E-state index is 10.7. The van der Waals surface area contributed by atoms with Crippen LogP contribution in [0.1, 0.15) is 52.3 Å². The van der Waals surface area contributed by atoms with Gasteiger partial charge in [0.1, 0.15) is 6.07 Å². The molecule has 4 rings (SSSR count). The lowest BCUT2D eigenvalue weighted by Gasteiger charge is -1.99. The van der Waals surface area contributed by atoms with Gasteiger partial charge in [-0.05, 0) is 18.9 Å². The van der Waals surface area contributed by atoms with Crippen molar-refractivity contribution in [3.05, 3.63) is 41.0 Å². The maximum absolute atomic E-state index is 10.7. The quantitative estimate of drug-likeness (QED) is 0.759. The van der Waals surface area contributed by atoms with E-state index >= 15 is 0 Å². The van der Waals surface area contributed by atoms with E-state index in [0.717, 1.165) is 18.5 Å². The van der Waals surface area contributed by atoms with Crippen molar-refractivity contribution in [3.63, 3.8) is 0 Å². The Morgan fingerprint density at radius 3 is 2.96 bits per heavy atom. The third kappa shape index (κ3) is 2.40. The summed E-state index contributed by atoms with van der Waals surface area (Å²) in [5, 5.41) is 29.6. The highest BCUT2D eigenvalue weighted by Gasteiger charge is 2.27. The van der Waals surface area contributed by atoms with Crippen molar-refractivity contribution in [2.75, 3.05) is 0 Å². The highest BCUT2D eigenvalue weighted by atomic mass is 16.4. The van der Waals surface area contributed by atoms with Gasteiger partial charge in [0, 0.05) is 5.92 Å². The van der Waals surface area contributed by atoms with Crippen molar-refractivity contribution < 1.29 is 14.3 Å². The topological polar surface area (TPSA) is 130 Å². The molecule has 1 aliphatic carbocycles. The summed E-state index contributed by atoms with van der Waals surface area (Å²) in [6.45, 7) is 0. The van der Waals surface area contributed by atoms with Gasteiger partial charge in [-0.15, -0.1) is 10.2 Å². The van der Waals surface area contributed by atoms with E-state index < -0.39 is 11.9 Å². The molecule has 3 aromatic heterocycles. The Kier molecular flexibility index (Phi) is 2.84. The van der Waals surface area contributed by atoms with Crippen LogP contribution in [0.3, 0.4) is 0 Å². The molecule has 1 saturated carbocycles. The van der Waals surface area contributed by atoms with Crippen LogP contribution < -0.4 is 0 Å². The van der Waals surface area contributed by atoms with Crippen molar-refractivity contribution in [3.8, 4) is 6.07 Å². The standard InChI is InChI=1S/C14H10N6O3/c15-5-8-3-10(7-1-2-7)19-20-6-9(16-12(8)20)4-11-17-18-13(23-11)14(21)22/h3,6-7H,1-2,4H2,(H,21,22). The first kappa shape index (κ1) is 13.4. The third-order valence-electron chi connectivity index (χ3n) is 3.59. The number of carboxylic acids is 1. The predicted octanol–water partition coefficient (Wildman–Crippen LogP) is 1.15. The molecule has 0 spiro atoms. The van der Waals surface area contributed by atoms with E-state index in [1.165, 1.54) is 0 Å². The maximum Gasteiger partial charge on any atom is 0.393 e. The number of carboxylic acid groups (broad SMARTS) is 1. The zero-order valence-electron chi connectivity index (χ0n) is 11.8. The predicted molar refractivity (Wildman–Crippen MR) is 73.7 cm³/mol. The van der Waals surface area contributed by atoms with Crippen molar-refractivity contribution in [1.82, 2.24) is 24.8 Å². The fraction of sp³-hybridized carbons (Fsp3) is 0.286. The highest BCUT2D eigenvalue weighted by Crippen LogP contribution is 2.39. The van der Waals surface area contributed by atoms with Crippen molar-refractivity contribution in [2.45, 2.75) is 25.2 Å². The number of aromatic carboxylic acids is 1. The van der Waals surface area contributed by atoms with Gasteiger partial charge in [0.15, 0.2) is 5.65 Å². The number of carbonyl (C=O) groups is 1. The summed E-state index contributed by atoms with van der Waals surface area (Å²) < 4.78 is 6.60. The monoisotopic (exact) mass is 310 g/mol. The largest absolute Gasteiger partial charge is 0.474 e. The first-order valence-electron chi connectivity index (χ1n) is 6.99. The molecule has 0 radical (unpaired) electrons. The summed E-state index contributed by atoms with van der Waals surface area (Å²) in [6, 6.07) is 3.91. The first-order chi connectivity index (χ1) is 11.1. The van der Waals surface area contributed by atoms with Crippen LogP contribution >= 0.6 is 0 Å². The van der Waals surface area contributed by atoms with E-state index in [1.54, 1.807) is 16.8 Å². The van der Waals surface area contributed by atoms with Crippen LogP contribution in [0.2, 0.25) is 0 Å². The number of rotatable bonds is 4. The van der Waals surface area contributed by atoms with E-state index in [1.807, 2.05) is 0 Å². The van der Waals surface area contributed by atoms with Crippen molar-refractivity contribution in [1.29, 1.82) is 5.26 Å².